The number of ether oxygens (including phenoxy) is 1. The molecule has 0 aliphatic carbocycles. The maximum absolute atomic E-state index is 12.4. The Labute approximate surface area is 150 Å². The summed E-state index contributed by atoms with van der Waals surface area (Å²) in [5, 5.41) is 0. The van der Waals surface area contributed by atoms with Gasteiger partial charge in [-0.05, 0) is 0 Å². The Balaban J connectivity index is 0.00000242. The van der Waals surface area contributed by atoms with E-state index < -0.39 is 0 Å². The average Bonchev–Trinajstić information content (AvgIpc) is 3.08. The maximum atomic E-state index is 12.4. The van der Waals surface area contributed by atoms with Crippen LogP contribution in [0.25, 0.3) is 0 Å². The van der Waals surface area contributed by atoms with Gasteiger partial charge in [0.1, 0.15) is 0 Å². The number of hydrogen-bond acceptors (Lipinski definition) is 4. The van der Waals surface area contributed by atoms with Gasteiger partial charge in [0, 0.05) is 0 Å². The summed E-state index contributed by atoms with van der Waals surface area (Å²) in [5.41, 5.74) is 3.06. The largest absolute Gasteiger partial charge is 1.00 e. The van der Waals surface area contributed by atoms with E-state index >= 15 is 0 Å². The molecule has 0 fully saturated rings. The molecule has 0 saturated carbocycles. The van der Waals surface area contributed by atoms with Crippen LogP contribution < -0.4 is 21.5 Å². The Morgan fingerprint density at radius 3 is 2.77 bits per heavy atom. The van der Waals surface area contributed by atoms with Crippen LogP contribution in [0.1, 0.15) is 39.7 Å². The molecule has 0 spiro atoms. The third-order valence-corrected chi connectivity index (χ3v) is 6.27. The molecule has 0 radical (unpaired) electrons. The molecule has 2 aromatic rings. The van der Waals surface area contributed by atoms with Crippen molar-refractivity contribution in [2.24, 2.45) is 0 Å². The van der Waals surface area contributed by atoms with Crippen LogP contribution in [0.5, 0.6) is 0 Å². The molecule has 1 unspecified atom stereocenters. The molecular weight excluding hydrogens is 433 g/mol. The van der Waals surface area contributed by atoms with Crippen molar-refractivity contribution >= 4 is 37.6 Å². The predicted molar refractivity (Wildman–Crippen MR) is 82.0 cm³/mol. The SMILES string of the molecule is CC(=O)OCCc1sc[n+](C(C)C(=O)c2ccc[se]2)c1C.[Br-]. The van der Waals surface area contributed by atoms with Gasteiger partial charge in [0.15, 0.2) is 0 Å². The van der Waals surface area contributed by atoms with Crippen molar-refractivity contribution in [3.05, 3.63) is 37.6 Å². The number of carbonyl (C=O) groups excluding carboxylic acids is 2. The zero-order valence-corrected chi connectivity index (χ0v) is 16.8. The molecular formula is C15H18BrNO3SSe. The summed E-state index contributed by atoms with van der Waals surface area (Å²) in [7, 11) is 0. The maximum Gasteiger partial charge on any atom is -1.00 e. The Kier molecular flexibility index (Phi) is 7.69. The smallest absolute Gasteiger partial charge is 1.00 e. The first-order valence-corrected chi connectivity index (χ1v) is 9.42. The van der Waals surface area contributed by atoms with Gasteiger partial charge in [-0.15, -0.1) is 0 Å². The molecule has 0 amide bonds. The summed E-state index contributed by atoms with van der Waals surface area (Å²) in [4.78, 5) is 26.4. The molecule has 0 bridgehead atoms. The number of carbonyl (C=O) groups is 2. The summed E-state index contributed by atoms with van der Waals surface area (Å²) in [6.45, 7) is 5.74. The first-order chi connectivity index (χ1) is 10.0. The van der Waals surface area contributed by atoms with Gasteiger partial charge in [-0.25, -0.2) is 0 Å². The van der Waals surface area contributed by atoms with Crippen molar-refractivity contribution in [3.8, 4) is 0 Å². The number of esters is 1. The van der Waals surface area contributed by atoms with Crippen molar-refractivity contribution in [3.63, 3.8) is 0 Å². The number of rotatable bonds is 6. The second-order valence-electron chi connectivity index (χ2n) is 4.75. The molecule has 0 aromatic carbocycles. The standard InChI is InChI=1S/C15H18NO3SSe.BrH/c1-10-13(6-7-19-12(3)17)20-9-16(10)11(2)15(18)14-5-4-8-21-14;/h4-5,8-9,11H,6-7H2,1-3H3;1H/q+1;/p-1. The third-order valence-electron chi connectivity index (χ3n) is 3.29. The van der Waals surface area contributed by atoms with Crippen LogP contribution in [0.15, 0.2) is 22.6 Å². The zero-order chi connectivity index (χ0) is 15.4. The van der Waals surface area contributed by atoms with Crippen LogP contribution in [-0.2, 0) is 16.0 Å². The van der Waals surface area contributed by atoms with Gasteiger partial charge in [-0.1, -0.05) is 0 Å². The van der Waals surface area contributed by atoms with Crippen LogP contribution >= 0.6 is 11.3 Å². The van der Waals surface area contributed by atoms with Gasteiger partial charge < -0.3 is 17.0 Å². The number of hydrogen-bond donors (Lipinski definition) is 0. The molecule has 1 atom stereocenters. The summed E-state index contributed by atoms with van der Waals surface area (Å²) in [6.07, 6.45) is 0.693. The van der Waals surface area contributed by atoms with Crippen molar-refractivity contribution < 1.29 is 35.9 Å². The van der Waals surface area contributed by atoms with Crippen molar-refractivity contribution in [1.29, 1.82) is 0 Å². The van der Waals surface area contributed by atoms with Gasteiger partial charge in [0.05, 0.1) is 0 Å². The minimum absolute atomic E-state index is 0. The second-order valence-corrected chi connectivity index (χ2v) is 7.67. The van der Waals surface area contributed by atoms with Crippen molar-refractivity contribution in [2.45, 2.75) is 33.2 Å². The topological polar surface area (TPSA) is 47.2 Å². The first kappa shape index (κ1) is 19.3. The van der Waals surface area contributed by atoms with E-state index in [2.05, 4.69) is 4.94 Å². The van der Waals surface area contributed by atoms with Gasteiger partial charge in [-0.2, -0.15) is 0 Å². The van der Waals surface area contributed by atoms with E-state index in [1.54, 1.807) is 11.3 Å². The van der Waals surface area contributed by atoms with Crippen LogP contribution in [0.4, 0.5) is 0 Å². The van der Waals surface area contributed by atoms with Crippen molar-refractivity contribution in [2.75, 3.05) is 6.61 Å². The zero-order valence-electron chi connectivity index (χ0n) is 12.7. The second kappa shape index (κ2) is 8.77. The quantitative estimate of drug-likeness (QED) is 0.244. The minimum Gasteiger partial charge on any atom is -1.00 e. The Hall–Kier alpha value is -0.751. The normalized spacial score (nSPS) is 11.6. The summed E-state index contributed by atoms with van der Waals surface area (Å²) in [6, 6.07) is 3.69. The molecule has 2 rings (SSSR count). The molecule has 2 heterocycles. The summed E-state index contributed by atoms with van der Waals surface area (Å²) < 4.78 is 7.92. The predicted octanol–water partition coefficient (Wildman–Crippen LogP) is -1.05. The third kappa shape index (κ3) is 4.62. The first-order valence-electron chi connectivity index (χ1n) is 6.70. The molecule has 0 saturated heterocycles. The minimum atomic E-state index is -0.261. The van der Waals surface area contributed by atoms with E-state index in [0.29, 0.717) is 13.0 Å². The Morgan fingerprint density at radius 2 is 2.18 bits per heavy atom. The fraction of sp³-hybridized carbons (Fsp3) is 0.400. The number of nitrogens with zero attached hydrogens (tertiary/aromatic N) is 1. The summed E-state index contributed by atoms with van der Waals surface area (Å²) in [5.74, 6) is -0.0685. The van der Waals surface area contributed by atoms with Gasteiger partial charge in [0.25, 0.3) is 0 Å². The van der Waals surface area contributed by atoms with E-state index in [-0.39, 0.29) is 49.3 Å². The van der Waals surface area contributed by atoms with Crippen LogP contribution in [0.2, 0.25) is 0 Å². The Morgan fingerprint density at radius 1 is 1.45 bits per heavy atom. The van der Waals surface area contributed by atoms with Gasteiger partial charge in [0.2, 0.25) is 0 Å². The summed E-state index contributed by atoms with van der Waals surface area (Å²) >= 11 is 1.78. The Bertz CT molecular complexity index is 639. The monoisotopic (exact) mass is 451 g/mol. The van der Waals surface area contributed by atoms with Crippen LogP contribution in [0.3, 0.4) is 0 Å². The van der Waals surface area contributed by atoms with E-state index in [1.165, 1.54) is 6.92 Å². The van der Waals surface area contributed by atoms with E-state index in [0.717, 1.165) is 15.0 Å². The van der Waals surface area contributed by atoms with Crippen LogP contribution in [0, 0.1) is 6.92 Å². The fourth-order valence-electron chi connectivity index (χ4n) is 2.09. The fourth-order valence-corrected chi connectivity index (χ4v) is 4.72. The molecule has 0 N–H and O–H groups in total. The van der Waals surface area contributed by atoms with Crippen LogP contribution in [-0.4, -0.2) is 32.9 Å². The molecule has 4 nitrogen and oxygen atoms in total. The molecule has 0 aliphatic heterocycles. The molecule has 120 valence electrons. The number of aromatic nitrogens is 1. The number of ketones is 1. The molecule has 22 heavy (non-hydrogen) atoms. The van der Waals surface area contributed by atoms with E-state index in [4.69, 9.17) is 4.74 Å². The average molecular weight is 451 g/mol. The molecule has 2 aromatic heterocycles. The number of Topliss-reactive ketones (excluding diaryl/α,β-unsaturated/α-hetero) is 1. The van der Waals surface area contributed by atoms with Crippen molar-refractivity contribution in [1.82, 2.24) is 0 Å². The molecule has 7 heteroatoms. The molecule has 0 aliphatic rings. The van der Waals surface area contributed by atoms with Gasteiger partial charge in [-0.3, -0.25) is 0 Å². The van der Waals surface area contributed by atoms with E-state index in [1.807, 2.05) is 36.1 Å². The van der Waals surface area contributed by atoms with E-state index in [9.17, 15) is 9.59 Å². The number of halogens is 1. The number of thiazole rings is 1. The van der Waals surface area contributed by atoms with Gasteiger partial charge >= 0.3 is 134 Å².